The summed E-state index contributed by atoms with van der Waals surface area (Å²) in [5.74, 6) is -0.774. The molecule has 0 aliphatic carbocycles. The highest BCUT2D eigenvalue weighted by Gasteiger charge is 2.65. The summed E-state index contributed by atoms with van der Waals surface area (Å²) in [4.78, 5) is 28.2. The first-order chi connectivity index (χ1) is 11.3. The van der Waals surface area contributed by atoms with Crippen LogP contribution in [0.25, 0.3) is 0 Å². The van der Waals surface area contributed by atoms with Gasteiger partial charge in [-0.3, -0.25) is 9.69 Å². The maximum atomic E-state index is 12.8. The van der Waals surface area contributed by atoms with Gasteiger partial charge in [0.1, 0.15) is 18.3 Å². The summed E-state index contributed by atoms with van der Waals surface area (Å²) in [6.07, 6.45) is 1.31. The molecule has 7 heteroatoms. The van der Waals surface area contributed by atoms with Gasteiger partial charge in [0.2, 0.25) is 5.91 Å². The molecule has 0 aromatic carbocycles. The fourth-order valence-electron chi connectivity index (χ4n) is 4.25. The number of likely N-dealkylation sites (tertiary alicyclic amines) is 1. The van der Waals surface area contributed by atoms with E-state index in [1.165, 1.54) is 11.0 Å². The van der Waals surface area contributed by atoms with Crippen LogP contribution in [0.5, 0.6) is 0 Å². The number of fused-ring (bicyclic) bond motifs is 3. The molecule has 24 heavy (non-hydrogen) atoms. The molecule has 2 saturated heterocycles. The van der Waals surface area contributed by atoms with Crippen molar-refractivity contribution in [2.75, 3.05) is 19.7 Å². The number of aliphatic hydroxyl groups is 1. The first-order valence-electron chi connectivity index (χ1n) is 8.23. The summed E-state index contributed by atoms with van der Waals surface area (Å²) in [5.41, 5.74) is 0.139. The zero-order chi connectivity index (χ0) is 17.6. The van der Waals surface area contributed by atoms with E-state index in [4.69, 9.17) is 9.47 Å². The second-order valence-electron chi connectivity index (χ2n) is 6.76. The van der Waals surface area contributed by atoms with Crippen LogP contribution in [0.4, 0.5) is 4.79 Å². The molecule has 132 valence electrons. The molecule has 0 radical (unpaired) electrons. The zero-order valence-electron chi connectivity index (χ0n) is 14.3. The second kappa shape index (κ2) is 5.89. The van der Waals surface area contributed by atoms with Crippen LogP contribution in [-0.4, -0.2) is 70.6 Å². The fourth-order valence-corrected chi connectivity index (χ4v) is 4.25. The lowest BCUT2D eigenvalue weighted by Gasteiger charge is -2.42. The van der Waals surface area contributed by atoms with Gasteiger partial charge in [0.05, 0.1) is 12.0 Å². The van der Waals surface area contributed by atoms with Crippen LogP contribution in [0.1, 0.15) is 20.8 Å². The Hall–Kier alpha value is -1.86. The molecule has 0 spiro atoms. The predicted molar refractivity (Wildman–Crippen MR) is 86.0 cm³/mol. The monoisotopic (exact) mass is 336 g/mol. The molecule has 3 aliphatic rings. The van der Waals surface area contributed by atoms with E-state index in [9.17, 15) is 14.7 Å². The van der Waals surface area contributed by atoms with E-state index in [2.05, 4.69) is 6.58 Å². The molecule has 1 N–H and O–H groups in total. The number of hydrogen-bond acceptors (Lipinski definition) is 5. The minimum Gasteiger partial charge on any atom is -0.445 e. The molecule has 5 atom stereocenters. The first-order valence-corrected chi connectivity index (χ1v) is 8.23. The van der Waals surface area contributed by atoms with Gasteiger partial charge in [0.25, 0.3) is 0 Å². The van der Waals surface area contributed by atoms with E-state index in [1.54, 1.807) is 4.90 Å². The maximum Gasteiger partial charge on any atom is 0.410 e. The molecule has 0 aromatic rings. The van der Waals surface area contributed by atoms with Crippen molar-refractivity contribution >= 4 is 12.0 Å². The lowest BCUT2D eigenvalue weighted by Crippen LogP contribution is -2.58. The third-order valence-electron chi connectivity index (χ3n) is 5.04. The molecule has 0 unspecified atom stereocenters. The molecule has 3 heterocycles. The second-order valence-corrected chi connectivity index (χ2v) is 6.76. The molecular formula is C17H24N2O5. The van der Waals surface area contributed by atoms with Gasteiger partial charge < -0.3 is 19.5 Å². The average Bonchev–Trinajstić information content (AvgIpc) is 2.95. The largest absolute Gasteiger partial charge is 0.445 e. The van der Waals surface area contributed by atoms with Gasteiger partial charge in [-0.25, -0.2) is 4.79 Å². The Morgan fingerprint density at radius 3 is 2.96 bits per heavy atom. The topological polar surface area (TPSA) is 79.3 Å². The zero-order valence-corrected chi connectivity index (χ0v) is 14.3. The van der Waals surface area contributed by atoms with Gasteiger partial charge in [-0.05, 0) is 20.8 Å². The quantitative estimate of drug-likeness (QED) is 0.775. The summed E-state index contributed by atoms with van der Waals surface area (Å²) < 4.78 is 11.3. The minimum absolute atomic E-state index is 0.105. The number of nitrogens with zero attached hydrogens (tertiary/aromatic N) is 2. The summed E-state index contributed by atoms with van der Waals surface area (Å²) >= 11 is 0. The van der Waals surface area contributed by atoms with Crippen molar-refractivity contribution < 1.29 is 24.2 Å². The van der Waals surface area contributed by atoms with Crippen LogP contribution in [0.3, 0.4) is 0 Å². The summed E-state index contributed by atoms with van der Waals surface area (Å²) in [5, 5.41) is 10.4. The summed E-state index contributed by atoms with van der Waals surface area (Å²) in [6.45, 7) is 9.98. The van der Waals surface area contributed by atoms with E-state index < -0.39 is 36.0 Å². The minimum atomic E-state index is -0.991. The van der Waals surface area contributed by atoms with Crippen molar-refractivity contribution in [3.8, 4) is 0 Å². The standard InChI is InChI=1S/C17H24N2O5/c1-5-7-23-16(22)19-9-10(3)8-17(4)13(19)11-12(24-17)15(21)18(6-2)14(11)20/h5,8,11-13,15,21H,1,6-7,9H2,2-4H3/t11-,12-,13-,15-,17-/m0/s1. The maximum absolute atomic E-state index is 12.8. The first kappa shape index (κ1) is 17.0. The lowest BCUT2D eigenvalue weighted by atomic mass is 9.82. The highest BCUT2D eigenvalue weighted by Crippen LogP contribution is 2.48. The van der Waals surface area contributed by atoms with Crippen molar-refractivity contribution in [2.24, 2.45) is 5.92 Å². The average molecular weight is 336 g/mol. The molecule has 7 nitrogen and oxygen atoms in total. The lowest BCUT2D eigenvalue weighted by molar-refractivity contribution is -0.142. The fraction of sp³-hybridized carbons (Fsp3) is 0.647. The number of aliphatic hydroxyl groups excluding tert-OH is 1. The molecule has 3 rings (SSSR count). The highest BCUT2D eigenvalue weighted by atomic mass is 16.6. The molecule has 0 aromatic heterocycles. The molecule has 2 amide bonds. The smallest absolute Gasteiger partial charge is 0.410 e. The number of ether oxygens (including phenoxy) is 2. The van der Waals surface area contributed by atoms with Gasteiger partial charge >= 0.3 is 6.09 Å². The Morgan fingerprint density at radius 1 is 1.62 bits per heavy atom. The van der Waals surface area contributed by atoms with Gasteiger partial charge in [-0.15, -0.1) is 0 Å². The normalized spacial score (nSPS) is 37.8. The van der Waals surface area contributed by atoms with Crippen LogP contribution < -0.4 is 0 Å². The Balaban J connectivity index is 1.97. The van der Waals surface area contributed by atoms with Gasteiger partial charge in [-0.2, -0.15) is 0 Å². The Kier molecular flexibility index (Phi) is 4.17. The van der Waals surface area contributed by atoms with E-state index >= 15 is 0 Å². The van der Waals surface area contributed by atoms with E-state index in [0.29, 0.717) is 13.1 Å². The van der Waals surface area contributed by atoms with E-state index in [1.807, 2.05) is 26.8 Å². The molecule has 3 aliphatic heterocycles. The number of likely N-dealkylation sites (N-methyl/N-ethyl adjacent to an activating group) is 1. The van der Waals surface area contributed by atoms with Crippen LogP contribution in [0.15, 0.2) is 24.3 Å². The van der Waals surface area contributed by atoms with Crippen molar-refractivity contribution in [3.63, 3.8) is 0 Å². The number of carbonyl (C=O) groups is 2. The highest BCUT2D eigenvalue weighted by molar-refractivity contribution is 5.85. The van der Waals surface area contributed by atoms with Gasteiger partial charge in [0.15, 0.2) is 6.23 Å². The van der Waals surface area contributed by atoms with Crippen molar-refractivity contribution in [2.45, 2.75) is 44.7 Å². The predicted octanol–water partition coefficient (Wildman–Crippen LogP) is 0.894. The third kappa shape index (κ3) is 2.34. The van der Waals surface area contributed by atoms with Crippen molar-refractivity contribution in [1.29, 1.82) is 0 Å². The van der Waals surface area contributed by atoms with Crippen LogP contribution in [0.2, 0.25) is 0 Å². The van der Waals surface area contributed by atoms with Gasteiger partial charge in [0, 0.05) is 13.1 Å². The number of rotatable bonds is 3. The molecular weight excluding hydrogens is 312 g/mol. The molecule has 2 fully saturated rings. The van der Waals surface area contributed by atoms with E-state index in [0.717, 1.165) is 5.57 Å². The number of carbonyl (C=O) groups excluding carboxylic acids is 2. The van der Waals surface area contributed by atoms with Crippen LogP contribution in [-0.2, 0) is 14.3 Å². The van der Waals surface area contributed by atoms with E-state index in [-0.39, 0.29) is 12.5 Å². The molecule has 0 saturated carbocycles. The van der Waals surface area contributed by atoms with Gasteiger partial charge in [-0.1, -0.05) is 24.3 Å². The Bertz CT molecular complexity index is 604. The number of amides is 2. The van der Waals surface area contributed by atoms with Crippen LogP contribution in [0, 0.1) is 5.92 Å². The SMILES string of the molecule is C=CCOC(=O)N1CC(C)=C[C@]2(C)O[C@H]3[C@H](C(=O)N(CC)[C@H]3O)[C@H]12. The molecule has 0 bridgehead atoms. The van der Waals surface area contributed by atoms with Crippen molar-refractivity contribution in [1.82, 2.24) is 9.80 Å². The Morgan fingerprint density at radius 2 is 2.33 bits per heavy atom. The summed E-state index contributed by atoms with van der Waals surface area (Å²) in [7, 11) is 0. The van der Waals surface area contributed by atoms with Crippen molar-refractivity contribution in [3.05, 3.63) is 24.3 Å². The number of hydrogen-bond donors (Lipinski definition) is 1. The summed E-state index contributed by atoms with van der Waals surface area (Å²) in [6, 6.07) is -0.498. The Labute approximate surface area is 141 Å². The third-order valence-corrected chi connectivity index (χ3v) is 5.04. The van der Waals surface area contributed by atoms with Crippen LogP contribution >= 0.6 is 0 Å².